The molecule has 24 heavy (non-hydrogen) atoms. The molecule has 0 bridgehead atoms. The van der Waals surface area contributed by atoms with E-state index in [1.165, 1.54) is 23.2 Å². The summed E-state index contributed by atoms with van der Waals surface area (Å²) in [4.78, 5) is 28.3. The Bertz CT molecular complexity index is 814. The Balaban J connectivity index is 2.32. The van der Waals surface area contributed by atoms with E-state index in [9.17, 15) is 14.9 Å². The summed E-state index contributed by atoms with van der Waals surface area (Å²) in [5, 5.41) is 11.0. The van der Waals surface area contributed by atoms with E-state index in [0.29, 0.717) is 5.56 Å². The molecule has 0 spiro atoms. The zero-order chi connectivity index (χ0) is 18.0. The number of nitro benzene ring substituents is 1. The quantitative estimate of drug-likeness (QED) is 0.557. The van der Waals surface area contributed by atoms with Gasteiger partial charge < -0.3 is 4.90 Å². The van der Waals surface area contributed by atoms with Gasteiger partial charge in [-0.2, -0.15) is 0 Å². The van der Waals surface area contributed by atoms with Crippen LogP contribution < -0.4 is 0 Å². The molecule has 0 saturated carbocycles. The van der Waals surface area contributed by atoms with Crippen molar-refractivity contribution in [1.82, 2.24) is 9.88 Å². The van der Waals surface area contributed by atoms with E-state index >= 15 is 0 Å². The third-order valence-electron chi connectivity index (χ3n) is 3.58. The molecule has 2 rings (SSSR count). The molecule has 1 aromatic heterocycles. The molecule has 1 heterocycles. The van der Waals surface area contributed by atoms with Crippen LogP contribution in [0.5, 0.6) is 0 Å². The fraction of sp³-hybridized carbons (Fsp3) is 0.200. The topological polar surface area (TPSA) is 76.3 Å². The number of carbonyl (C=O) groups is 1. The fourth-order valence-corrected chi connectivity index (χ4v) is 2.62. The second kappa shape index (κ2) is 7.34. The molecular weight excluding hydrogens is 377 g/mol. The number of rotatable bonds is 4. The summed E-state index contributed by atoms with van der Waals surface area (Å²) in [7, 11) is 1.55. The zero-order valence-electron chi connectivity index (χ0n) is 12.7. The average Bonchev–Trinajstić information content (AvgIpc) is 2.58. The minimum atomic E-state index is -0.491. The molecule has 9 heteroatoms. The summed E-state index contributed by atoms with van der Waals surface area (Å²) in [5.74, 6) is -0.474. The maximum Gasteiger partial charge on any atom is 0.274 e. The highest BCUT2D eigenvalue weighted by Crippen LogP contribution is 2.32. The third kappa shape index (κ3) is 3.61. The number of aromatic nitrogens is 1. The number of non-ortho nitro benzene ring substituents is 1. The Labute approximate surface area is 153 Å². The van der Waals surface area contributed by atoms with Crippen molar-refractivity contribution in [2.45, 2.75) is 13.0 Å². The zero-order valence-corrected chi connectivity index (χ0v) is 14.9. The number of hydrogen-bond acceptors (Lipinski definition) is 4. The number of pyridine rings is 1. The molecule has 0 fully saturated rings. The SMILES string of the molecule is CC(c1cccc([N+](=O)[O-])c1)N(C)C(=O)c1ncc(Cl)c(Cl)c1Cl. The second-order valence-electron chi connectivity index (χ2n) is 5.03. The Morgan fingerprint density at radius 3 is 2.58 bits per heavy atom. The number of amides is 1. The Morgan fingerprint density at radius 1 is 1.29 bits per heavy atom. The second-order valence-corrected chi connectivity index (χ2v) is 6.19. The summed E-state index contributed by atoms with van der Waals surface area (Å²) >= 11 is 17.8. The molecule has 0 N–H and O–H groups in total. The van der Waals surface area contributed by atoms with Crippen molar-refractivity contribution in [3.05, 3.63) is 66.9 Å². The molecule has 1 unspecified atom stereocenters. The largest absolute Gasteiger partial charge is 0.334 e. The van der Waals surface area contributed by atoms with Crippen molar-refractivity contribution >= 4 is 46.4 Å². The molecule has 1 amide bonds. The van der Waals surface area contributed by atoms with E-state index in [1.807, 2.05) is 0 Å². The Kier molecular flexibility index (Phi) is 5.64. The van der Waals surface area contributed by atoms with Gasteiger partial charge in [0.1, 0.15) is 5.69 Å². The lowest BCUT2D eigenvalue weighted by Gasteiger charge is -2.25. The summed E-state index contributed by atoms with van der Waals surface area (Å²) < 4.78 is 0. The number of nitro groups is 1. The van der Waals surface area contributed by atoms with Crippen molar-refractivity contribution in [1.29, 1.82) is 0 Å². The van der Waals surface area contributed by atoms with Gasteiger partial charge in [-0.1, -0.05) is 46.9 Å². The van der Waals surface area contributed by atoms with Crippen LogP contribution in [0, 0.1) is 10.1 Å². The molecule has 6 nitrogen and oxygen atoms in total. The van der Waals surface area contributed by atoms with E-state index < -0.39 is 16.9 Å². The van der Waals surface area contributed by atoms with Gasteiger partial charge in [0.25, 0.3) is 11.6 Å². The summed E-state index contributed by atoms with van der Waals surface area (Å²) in [6.45, 7) is 1.74. The average molecular weight is 389 g/mol. The lowest BCUT2D eigenvalue weighted by Crippen LogP contribution is -2.30. The first-order valence-electron chi connectivity index (χ1n) is 6.75. The number of nitrogens with zero attached hydrogens (tertiary/aromatic N) is 3. The molecule has 0 aliphatic rings. The summed E-state index contributed by atoms with van der Waals surface area (Å²) in [6.07, 6.45) is 1.24. The van der Waals surface area contributed by atoms with Gasteiger partial charge in [0.05, 0.1) is 26.0 Å². The van der Waals surface area contributed by atoms with Crippen LogP contribution >= 0.6 is 34.8 Å². The lowest BCUT2D eigenvalue weighted by molar-refractivity contribution is -0.384. The highest BCUT2D eigenvalue weighted by Gasteiger charge is 2.25. The van der Waals surface area contributed by atoms with Gasteiger partial charge in [0.2, 0.25) is 0 Å². The maximum atomic E-state index is 12.6. The molecule has 1 aromatic carbocycles. The van der Waals surface area contributed by atoms with Crippen LogP contribution in [0.25, 0.3) is 0 Å². The molecule has 1 atom stereocenters. The van der Waals surface area contributed by atoms with E-state index in [-0.39, 0.29) is 26.4 Å². The van der Waals surface area contributed by atoms with Crippen LogP contribution in [0.3, 0.4) is 0 Å². The molecule has 0 aliphatic heterocycles. The minimum absolute atomic E-state index is 0.0349. The van der Waals surface area contributed by atoms with E-state index in [4.69, 9.17) is 34.8 Å². The van der Waals surface area contributed by atoms with Gasteiger partial charge in [0.15, 0.2) is 0 Å². The van der Waals surface area contributed by atoms with Gasteiger partial charge in [-0.05, 0) is 12.5 Å². The van der Waals surface area contributed by atoms with E-state index in [2.05, 4.69) is 4.98 Å². The first-order valence-corrected chi connectivity index (χ1v) is 7.88. The first-order chi connectivity index (χ1) is 11.2. The molecule has 0 saturated heterocycles. The van der Waals surface area contributed by atoms with Crippen molar-refractivity contribution in [2.24, 2.45) is 0 Å². The van der Waals surface area contributed by atoms with Crippen molar-refractivity contribution < 1.29 is 9.72 Å². The van der Waals surface area contributed by atoms with E-state index in [0.717, 1.165) is 0 Å². The molecule has 126 valence electrons. The van der Waals surface area contributed by atoms with Crippen molar-refractivity contribution in [3.8, 4) is 0 Å². The fourth-order valence-electron chi connectivity index (χ4n) is 2.06. The summed E-state index contributed by atoms with van der Waals surface area (Å²) in [6, 6.07) is 5.62. The minimum Gasteiger partial charge on any atom is -0.334 e. The maximum absolute atomic E-state index is 12.6. The van der Waals surface area contributed by atoms with Crippen LogP contribution in [0.15, 0.2) is 30.5 Å². The van der Waals surface area contributed by atoms with Crippen LogP contribution in [0.1, 0.15) is 29.0 Å². The standard InChI is InChI=1S/C15H12Cl3N3O3/c1-8(9-4-3-5-10(6-9)21(23)24)20(2)15(22)14-13(18)12(17)11(16)7-19-14/h3-8H,1-2H3. The highest BCUT2D eigenvalue weighted by atomic mass is 35.5. The van der Waals surface area contributed by atoms with E-state index in [1.54, 1.807) is 26.1 Å². The number of hydrogen-bond donors (Lipinski definition) is 0. The van der Waals surface area contributed by atoms with Crippen LogP contribution in [0.2, 0.25) is 15.1 Å². The van der Waals surface area contributed by atoms with Crippen molar-refractivity contribution in [2.75, 3.05) is 7.05 Å². The molecule has 0 radical (unpaired) electrons. The Morgan fingerprint density at radius 2 is 1.96 bits per heavy atom. The van der Waals surface area contributed by atoms with Gasteiger partial charge in [-0.25, -0.2) is 4.98 Å². The van der Waals surface area contributed by atoms with Crippen LogP contribution in [0.4, 0.5) is 5.69 Å². The predicted octanol–water partition coefficient (Wildman–Crippen LogP) is 4.78. The summed E-state index contributed by atoms with van der Waals surface area (Å²) in [5.41, 5.74) is 0.521. The Hall–Kier alpha value is -1.89. The molecular formula is C15H12Cl3N3O3. The van der Waals surface area contributed by atoms with Gasteiger partial charge in [0, 0.05) is 25.4 Å². The van der Waals surface area contributed by atoms with Gasteiger partial charge in [-0.15, -0.1) is 0 Å². The third-order valence-corrected chi connectivity index (χ3v) is 4.83. The predicted molar refractivity (Wildman–Crippen MR) is 92.9 cm³/mol. The number of halogens is 3. The number of benzene rings is 1. The first kappa shape index (κ1) is 18.4. The highest BCUT2D eigenvalue weighted by molar-refractivity contribution is 6.48. The van der Waals surface area contributed by atoms with Gasteiger partial charge >= 0.3 is 0 Å². The smallest absolute Gasteiger partial charge is 0.274 e. The monoisotopic (exact) mass is 387 g/mol. The normalized spacial score (nSPS) is 11.9. The van der Waals surface area contributed by atoms with Crippen molar-refractivity contribution in [3.63, 3.8) is 0 Å². The lowest BCUT2D eigenvalue weighted by atomic mass is 10.1. The van der Waals surface area contributed by atoms with Gasteiger partial charge in [-0.3, -0.25) is 14.9 Å². The van der Waals surface area contributed by atoms with Crippen LogP contribution in [-0.2, 0) is 0 Å². The van der Waals surface area contributed by atoms with Crippen LogP contribution in [-0.4, -0.2) is 27.8 Å². The molecule has 0 aliphatic carbocycles. The number of carbonyl (C=O) groups excluding carboxylic acids is 1. The molecule has 2 aromatic rings.